The van der Waals surface area contributed by atoms with Gasteiger partial charge in [0.1, 0.15) is 0 Å². The maximum Gasteiger partial charge on any atom is 0.252 e. The van der Waals surface area contributed by atoms with E-state index in [9.17, 15) is 23.1 Å². The van der Waals surface area contributed by atoms with Crippen LogP contribution in [0.4, 0.5) is 0 Å². The molecule has 12 heteroatoms. The van der Waals surface area contributed by atoms with Gasteiger partial charge in [0.25, 0.3) is 5.91 Å². The number of hydrazine groups is 1. The minimum atomic E-state index is -4.11. The molecule has 2 aromatic carbocycles. The fourth-order valence-electron chi connectivity index (χ4n) is 5.51. The number of nitrogens with one attached hydrogen (secondary N) is 1. The van der Waals surface area contributed by atoms with E-state index in [-0.39, 0.29) is 50.1 Å². The third kappa shape index (κ3) is 9.20. The Kier molecular flexibility index (Phi) is 11.9. The Hall–Kier alpha value is -3.63. The monoisotopic (exact) mass is 640 g/mol. The molecule has 1 saturated heterocycles. The van der Waals surface area contributed by atoms with Gasteiger partial charge < -0.3 is 14.6 Å². The van der Waals surface area contributed by atoms with Gasteiger partial charge in [-0.3, -0.25) is 19.9 Å². The van der Waals surface area contributed by atoms with Crippen LogP contribution in [0.3, 0.4) is 0 Å². The van der Waals surface area contributed by atoms with Gasteiger partial charge in [-0.2, -0.15) is 4.31 Å². The van der Waals surface area contributed by atoms with Gasteiger partial charge in [0.15, 0.2) is 11.5 Å². The second-order valence-corrected chi connectivity index (χ2v) is 14.0. The quantitative estimate of drug-likeness (QED) is 0.238. The molecule has 11 nitrogen and oxygen atoms in total. The van der Waals surface area contributed by atoms with Crippen molar-refractivity contribution < 1.29 is 32.6 Å². The van der Waals surface area contributed by atoms with Gasteiger partial charge in [-0.1, -0.05) is 51.1 Å². The second-order valence-electron chi connectivity index (χ2n) is 12.1. The molecule has 2 N–H and O–H groups in total. The van der Waals surface area contributed by atoms with E-state index in [1.165, 1.54) is 21.4 Å². The highest BCUT2D eigenvalue weighted by atomic mass is 32.2. The van der Waals surface area contributed by atoms with Crippen molar-refractivity contribution in [1.29, 1.82) is 0 Å². The number of hydrogen-bond donors (Lipinski definition) is 2. The van der Waals surface area contributed by atoms with Crippen LogP contribution in [-0.2, 0) is 26.0 Å². The summed E-state index contributed by atoms with van der Waals surface area (Å²) >= 11 is 0. The highest BCUT2D eigenvalue weighted by molar-refractivity contribution is 7.89. The number of fused-ring (bicyclic) bond motifs is 1. The molecule has 3 atom stereocenters. The zero-order chi connectivity index (χ0) is 32.6. The van der Waals surface area contributed by atoms with Crippen molar-refractivity contribution in [3.05, 3.63) is 54.1 Å². The zero-order valence-corrected chi connectivity index (χ0v) is 27.0. The van der Waals surface area contributed by atoms with Crippen molar-refractivity contribution in [3.63, 3.8) is 0 Å². The van der Waals surface area contributed by atoms with Crippen LogP contribution in [0.15, 0.2) is 53.4 Å². The first kappa shape index (κ1) is 34.2. The number of terminal acetylenes is 1. The summed E-state index contributed by atoms with van der Waals surface area (Å²) in [6.45, 7) is 6.93. The van der Waals surface area contributed by atoms with Crippen LogP contribution in [0.1, 0.15) is 45.6 Å². The van der Waals surface area contributed by atoms with Crippen molar-refractivity contribution in [1.82, 2.24) is 19.6 Å². The summed E-state index contributed by atoms with van der Waals surface area (Å²) in [4.78, 5) is 29.0. The highest BCUT2D eigenvalue weighted by Gasteiger charge is 2.37. The molecule has 4 rings (SSSR count). The highest BCUT2D eigenvalue weighted by Crippen LogP contribution is 2.35. The van der Waals surface area contributed by atoms with E-state index in [1.54, 1.807) is 13.0 Å². The van der Waals surface area contributed by atoms with Crippen LogP contribution in [0.25, 0.3) is 0 Å². The lowest BCUT2D eigenvalue weighted by Gasteiger charge is -2.37. The molecule has 1 fully saturated rings. The standard InChI is InChI=1S/C33H44N4O7S/c1-5-25(4)17-33(40)37(34-32(39)22-35-15-9-10-16-35)28(18-26-11-7-6-8-12-26)29(38)21-36(20-24(2)3)45(41,42)27-13-14-30-31(19-27)44-23-43-30/h1,6-8,11-14,19,24-25,28-29,38H,9-10,15-18,20-23H2,2-4H3,(H,34,39)/t25?,28-,29+/m0/s1. The van der Waals surface area contributed by atoms with Crippen molar-refractivity contribution >= 4 is 21.8 Å². The summed E-state index contributed by atoms with van der Waals surface area (Å²) < 4.78 is 39.9. The van der Waals surface area contributed by atoms with Crippen LogP contribution in [0, 0.1) is 24.2 Å². The molecular formula is C33H44N4O7S. The Morgan fingerprint density at radius 1 is 1.04 bits per heavy atom. The first-order valence-electron chi connectivity index (χ1n) is 15.4. The predicted octanol–water partition coefficient (Wildman–Crippen LogP) is 2.65. The van der Waals surface area contributed by atoms with E-state index in [0.717, 1.165) is 31.5 Å². The van der Waals surface area contributed by atoms with Crippen LogP contribution >= 0.6 is 0 Å². The summed E-state index contributed by atoms with van der Waals surface area (Å²) in [6, 6.07) is 12.6. The number of aliphatic hydroxyl groups excluding tert-OH is 1. The van der Waals surface area contributed by atoms with Crippen LogP contribution in [-0.4, -0.2) is 91.2 Å². The lowest BCUT2D eigenvalue weighted by atomic mass is 9.99. The number of carbonyl (C=O) groups excluding carboxylic acids is 2. The molecule has 45 heavy (non-hydrogen) atoms. The number of carbonyl (C=O) groups is 2. The molecule has 0 aliphatic carbocycles. The Labute approximate surface area is 266 Å². The number of rotatable bonds is 14. The molecule has 0 spiro atoms. The lowest BCUT2D eigenvalue weighted by Crippen LogP contribution is -2.60. The molecular weight excluding hydrogens is 596 g/mol. The lowest BCUT2D eigenvalue weighted by molar-refractivity contribution is -0.148. The van der Waals surface area contributed by atoms with Gasteiger partial charge >= 0.3 is 0 Å². The Morgan fingerprint density at radius 3 is 2.40 bits per heavy atom. The number of hydrogen-bond acceptors (Lipinski definition) is 8. The fraction of sp³-hybridized carbons (Fsp3) is 0.515. The Bertz CT molecular complexity index is 1460. The van der Waals surface area contributed by atoms with Gasteiger partial charge in [0, 0.05) is 31.5 Å². The maximum absolute atomic E-state index is 14.0. The van der Waals surface area contributed by atoms with Gasteiger partial charge in [0.2, 0.25) is 22.7 Å². The van der Waals surface area contributed by atoms with Gasteiger partial charge in [-0.05, 0) is 56.0 Å². The van der Waals surface area contributed by atoms with Gasteiger partial charge in [-0.25, -0.2) is 13.4 Å². The number of benzene rings is 2. The normalized spacial score (nSPS) is 16.7. The van der Waals surface area contributed by atoms with Crippen LogP contribution in [0.2, 0.25) is 0 Å². The van der Waals surface area contributed by atoms with E-state index < -0.39 is 39.9 Å². The summed E-state index contributed by atoms with van der Waals surface area (Å²) in [7, 11) is -4.11. The molecule has 2 aliphatic heterocycles. The minimum Gasteiger partial charge on any atom is -0.454 e. The van der Waals surface area contributed by atoms with Crippen molar-refractivity contribution in [2.24, 2.45) is 11.8 Å². The SMILES string of the molecule is C#CC(C)CC(=O)N(NC(=O)CN1CCCC1)[C@@H](Cc1ccccc1)[C@H](O)CN(CC(C)C)S(=O)(=O)c1ccc2c(c1)OCO2. The summed E-state index contributed by atoms with van der Waals surface area (Å²) in [5.41, 5.74) is 3.56. The number of ether oxygens (including phenoxy) is 2. The zero-order valence-electron chi connectivity index (χ0n) is 26.2. The number of amides is 2. The first-order chi connectivity index (χ1) is 21.5. The van der Waals surface area contributed by atoms with Gasteiger partial charge in [-0.15, -0.1) is 12.3 Å². The second kappa shape index (κ2) is 15.6. The molecule has 2 heterocycles. The Balaban J connectivity index is 1.67. The summed E-state index contributed by atoms with van der Waals surface area (Å²) in [5, 5.41) is 13.1. The van der Waals surface area contributed by atoms with E-state index >= 15 is 0 Å². The van der Waals surface area contributed by atoms with Crippen LogP contribution in [0.5, 0.6) is 11.5 Å². The molecule has 0 bridgehead atoms. The molecule has 244 valence electrons. The average molecular weight is 641 g/mol. The minimum absolute atomic E-state index is 0.0000591. The van der Waals surface area contributed by atoms with E-state index in [0.29, 0.717) is 11.5 Å². The van der Waals surface area contributed by atoms with E-state index in [1.807, 2.05) is 49.1 Å². The van der Waals surface area contributed by atoms with Gasteiger partial charge in [0.05, 0.1) is 23.6 Å². The van der Waals surface area contributed by atoms with Crippen LogP contribution < -0.4 is 14.9 Å². The number of sulfonamides is 1. The summed E-state index contributed by atoms with van der Waals surface area (Å²) in [5.74, 6) is 1.96. The predicted molar refractivity (Wildman–Crippen MR) is 169 cm³/mol. The third-order valence-electron chi connectivity index (χ3n) is 7.85. The van der Waals surface area contributed by atoms with Crippen molar-refractivity contribution in [2.45, 2.75) is 63.5 Å². The Morgan fingerprint density at radius 2 is 1.73 bits per heavy atom. The number of likely N-dealkylation sites (tertiary alicyclic amines) is 1. The summed E-state index contributed by atoms with van der Waals surface area (Å²) in [6.07, 6.45) is 6.28. The fourth-order valence-corrected chi connectivity index (χ4v) is 7.15. The number of aliphatic hydroxyl groups is 1. The first-order valence-corrected chi connectivity index (χ1v) is 16.8. The van der Waals surface area contributed by atoms with Crippen molar-refractivity contribution in [3.8, 4) is 23.8 Å². The molecule has 2 aromatic rings. The van der Waals surface area contributed by atoms with Crippen molar-refractivity contribution in [2.75, 3.05) is 39.5 Å². The molecule has 2 aliphatic rings. The largest absolute Gasteiger partial charge is 0.454 e. The third-order valence-corrected chi connectivity index (χ3v) is 9.68. The molecule has 2 amide bonds. The molecule has 0 saturated carbocycles. The van der Waals surface area contributed by atoms with E-state index in [2.05, 4.69) is 11.3 Å². The average Bonchev–Trinajstić information content (AvgIpc) is 3.70. The smallest absolute Gasteiger partial charge is 0.252 e. The molecule has 0 radical (unpaired) electrons. The molecule has 1 unspecified atom stereocenters. The molecule has 0 aromatic heterocycles. The maximum atomic E-state index is 14.0. The number of nitrogens with zero attached hydrogens (tertiary/aromatic N) is 3. The topological polar surface area (TPSA) is 129 Å². The van der Waals surface area contributed by atoms with E-state index in [4.69, 9.17) is 15.9 Å².